The van der Waals surface area contributed by atoms with Crippen LogP contribution in [0, 0.1) is 0 Å². The lowest BCUT2D eigenvalue weighted by atomic mass is 9.90. The maximum Gasteiger partial charge on any atom is 0.328 e. The van der Waals surface area contributed by atoms with Crippen LogP contribution in [0.1, 0.15) is 45.2 Å². The first kappa shape index (κ1) is 14.7. The number of carboxylic acid groups (broad SMARTS) is 1. The van der Waals surface area contributed by atoms with Gasteiger partial charge in [0.2, 0.25) is 0 Å². The summed E-state index contributed by atoms with van der Waals surface area (Å²) in [7, 11) is 0. The van der Waals surface area contributed by atoms with E-state index in [1.54, 1.807) is 6.92 Å². The molecule has 0 radical (unpaired) electrons. The van der Waals surface area contributed by atoms with Gasteiger partial charge in [-0.05, 0) is 38.3 Å². The minimum absolute atomic E-state index is 0.112. The van der Waals surface area contributed by atoms with E-state index in [1.807, 2.05) is 38.1 Å². The molecule has 18 heavy (non-hydrogen) atoms. The van der Waals surface area contributed by atoms with Gasteiger partial charge in [0.1, 0.15) is 5.54 Å². The summed E-state index contributed by atoms with van der Waals surface area (Å²) in [4.78, 5) is 11.5. The van der Waals surface area contributed by atoms with Crippen molar-refractivity contribution in [3.05, 3.63) is 35.4 Å². The van der Waals surface area contributed by atoms with Crippen molar-refractivity contribution in [3.8, 4) is 0 Å². The zero-order chi connectivity index (χ0) is 13.8. The Morgan fingerprint density at radius 3 is 2.28 bits per heavy atom. The van der Waals surface area contributed by atoms with Crippen LogP contribution in [0.25, 0.3) is 0 Å². The van der Waals surface area contributed by atoms with Crippen molar-refractivity contribution < 1.29 is 9.90 Å². The number of aliphatic carboxylic acids is 1. The van der Waals surface area contributed by atoms with E-state index < -0.39 is 11.5 Å². The van der Waals surface area contributed by atoms with Crippen molar-refractivity contribution >= 4 is 5.97 Å². The third kappa shape index (κ3) is 3.33. The summed E-state index contributed by atoms with van der Waals surface area (Å²) in [5, 5.41) is 12.6. The number of carbonyl (C=O) groups is 1. The van der Waals surface area contributed by atoms with E-state index in [4.69, 9.17) is 0 Å². The molecule has 3 nitrogen and oxygen atoms in total. The Hall–Kier alpha value is -1.35. The molecule has 2 N–H and O–H groups in total. The molecule has 0 saturated heterocycles. The number of carboxylic acids is 1. The maximum atomic E-state index is 11.5. The Morgan fingerprint density at radius 1 is 1.33 bits per heavy atom. The average Bonchev–Trinajstić information content (AvgIpc) is 2.29. The van der Waals surface area contributed by atoms with E-state index >= 15 is 0 Å². The summed E-state index contributed by atoms with van der Waals surface area (Å²) in [5.41, 5.74) is 1.01. The monoisotopic (exact) mass is 249 g/mol. The molecule has 100 valence electrons. The van der Waals surface area contributed by atoms with Crippen LogP contribution in [-0.4, -0.2) is 17.1 Å². The van der Waals surface area contributed by atoms with E-state index in [-0.39, 0.29) is 6.04 Å². The largest absolute Gasteiger partial charge is 0.480 e. The van der Waals surface area contributed by atoms with E-state index in [2.05, 4.69) is 12.2 Å². The smallest absolute Gasteiger partial charge is 0.328 e. The lowest BCUT2D eigenvalue weighted by Gasteiger charge is -2.29. The van der Waals surface area contributed by atoms with Crippen LogP contribution in [0.3, 0.4) is 0 Å². The molecule has 1 unspecified atom stereocenters. The van der Waals surface area contributed by atoms with Crippen molar-refractivity contribution in [2.24, 2.45) is 0 Å². The molecule has 0 fully saturated rings. The predicted molar refractivity (Wildman–Crippen MR) is 73.7 cm³/mol. The molecule has 1 atom stereocenters. The van der Waals surface area contributed by atoms with Gasteiger partial charge in [-0.1, -0.05) is 37.6 Å². The summed E-state index contributed by atoms with van der Waals surface area (Å²) in [6, 6.07) is 7.97. The van der Waals surface area contributed by atoms with Crippen molar-refractivity contribution in [1.82, 2.24) is 5.32 Å². The quantitative estimate of drug-likeness (QED) is 0.815. The number of aryl methyl sites for hydroxylation is 1. The average molecular weight is 249 g/mol. The predicted octanol–water partition coefficient (Wildman–Crippen LogP) is 2.94. The Bertz CT molecular complexity index is 397. The molecule has 0 aliphatic carbocycles. The SMILES string of the molecule is CCCc1ccc(C(C)(NC(C)C)C(=O)O)cc1. The van der Waals surface area contributed by atoms with Crippen LogP contribution in [0.4, 0.5) is 0 Å². The number of benzene rings is 1. The van der Waals surface area contributed by atoms with E-state index in [0.717, 1.165) is 18.4 Å². The highest BCUT2D eigenvalue weighted by atomic mass is 16.4. The molecule has 1 aromatic carbocycles. The normalized spacial score (nSPS) is 14.5. The molecule has 1 aromatic rings. The van der Waals surface area contributed by atoms with Gasteiger partial charge in [-0.2, -0.15) is 0 Å². The second kappa shape index (κ2) is 6.01. The molecule has 0 bridgehead atoms. The molecule has 1 rings (SSSR count). The topological polar surface area (TPSA) is 49.3 Å². The summed E-state index contributed by atoms with van der Waals surface area (Å²) in [6.45, 7) is 7.75. The van der Waals surface area contributed by atoms with Crippen LogP contribution in [0.2, 0.25) is 0 Å². The fraction of sp³-hybridized carbons (Fsp3) is 0.533. The van der Waals surface area contributed by atoms with Crippen LogP contribution in [0.5, 0.6) is 0 Å². The van der Waals surface area contributed by atoms with E-state index in [1.165, 1.54) is 5.56 Å². The Kier molecular flexibility index (Phi) is 4.91. The Labute approximate surface area is 109 Å². The highest BCUT2D eigenvalue weighted by molar-refractivity contribution is 5.80. The second-order valence-corrected chi connectivity index (χ2v) is 5.18. The number of rotatable bonds is 6. The summed E-state index contributed by atoms with van der Waals surface area (Å²) >= 11 is 0. The van der Waals surface area contributed by atoms with Gasteiger partial charge in [-0.3, -0.25) is 5.32 Å². The van der Waals surface area contributed by atoms with Crippen molar-refractivity contribution in [2.45, 2.75) is 52.1 Å². The zero-order valence-electron chi connectivity index (χ0n) is 11.7. The molecule has 0 aliphatic heterocycles. The summed E-state index contributed by atoms with van der Waals surface area (Å²) in [6.07, 6.45) is 2.13. The van der Waals surface area contributed by atoms with Crippen molar-refractivity contribution in [3.63, 3.8) is 0 Å². The fourth-order valence-corrected chi connectivity index (χ4v) is 2.14. The molecule has 3 heteroatoms. The van der Waals surface area contributed by atoms with Gasteiger partial charge < -0.3 is 5.11 Å². The molecular formula is C15H23NO2. The Balaban J connectivity index is 3.03. The molecule has 0 amide bonds. The first-order chi connectivity index (χ1) is 8.40. The first-order valence-corrected chi connectivity index (χ1v) is 6.50. The lowest BCUT2D eigenvalue weighted by molar-refractivity contribution is -0.144. The minimum atomic E-state index is -1.03. The van der Waals surface area contributed by atoms with Crippen LogP contribution in [-0.2, 0) is 16.8 Å². The molecule has 0 saturated carbocycles. The zero-order valence-corrected chi connectivity index (χ0v) is 11.7. The van der Waals surface area contributed by atoms with Gasteiger partial charge in [0.15, 0.2) is 0 Å². The van der Waals surface area contributed by atoms with Crippen molar-refractivity contribution in [1.29, 1.82) is 0 Å². The van der Waals surface area contributed by atoms with Gasteiger partial charge in [0.05, 0.1) is 0 Å². The van der Waals surface area contributed by atoms with E-state index in [9.17, 15) is 9.90 Å². The van der Waals surface area contributed by atoms with Gasteiger partial charge >= 0.3 is 5.97 Å². The molecule has 0 aromatic heterocycles. The fourth-order valence-electron chi connectivity index (χ4n) is 2.14. The van der Waals surface area contributed by atoms with Gasteiger partial charge in [0, 0.05) is 6.04 Å². The number of hydrogen-bond donors (Lipinski definition) is 2. The van der Waals surface area contributed by atoms with Crippen LogP contribution in [0.15, 0.2) is 24.3 Å². The van der Waals surface area contributed by atoms with Crippen molar-refractivity contribution in [2.75, 3.05) is 0 Å². The minimum Gasteiger partial charge on any atom is -0.480 e. The summed E-state index contributed by atoms with van der Waals surface area (Å²) in [5.74, 6) is -0.848. The highest BCUT2D eigenvalue weighted by Gasteiger charge is 2.35. The standard InChI is InChI=1S/C15H23NO2/c1-5-6-12-7-9-13(10-8-12)15(4,14(17)18)16-11(2)3/h7-11,16H,5-6H2,1-4H3,(H,17,18). The van der Waals surface area contributed by atoms with Gasteiger partial charge in [0.25, 0.3) is 0 Å². The van der Waals surface area contributed by atoms with Crippen LogP contribution < -0.4 is 5.32 Å². The van der Waals surface area contributed by atoms with Crippen LogP contribution >= 0.6 is 0 Å². The highest BCUT2D eigenvalue weighted by Crippen LogP contribution is 2.22. The Morgan fingerprint density at radius 2 is 1.89 bits per heavy atom. The third-order valence-corrected chi connectivity index (χ3v) is 3.08. The third-order valence-electron chi connectivity index (χ3n) is 3.08. The van der Waals surface area contributed by atoms with Gasteiger partial charge in [-0.25, -0.2) is 4.79 Å². The molecule has 0 heterocycles. The molecule has 0 aliphatic rings. The second-order valence-electron chi connectivity index (χ2n) is 5.18. The van der Waals surface area contributed by atoms with Gasteiger partial charge in [-0.15, -0.1) is 0 Å². The lowest BCUT2D eigenvalue weighted by Crippen LogP contribution is -2.49. The first-order valence-electron chi connectivity index (χ1n) is 6.50. The molecular weight excluding hydrogens is 226 g/mol. The van der Waals surface area contributed by atoms with E-state index in [0.29, 0.717) is 0 Å². The number of nitrogens with one attached hydrogen (secondary N) is 1. The number of hydrogen-bond acceptors (Lipinski definition) is 2. The summed E-state index contributed by atoms with van der Waals surface area (Å²) < 4.78 is 0. The maximum absolute atomic E-state index is 11.5. The molecule has 0 spiro atoms.